The minimum atomic E-state index is -0.474. The van der Waals surface area contributed by atoms with Gasteiger partial charge >= 0.3 is 5.97 Å². The van der Waals surface area contributed by atoms with Gasteiger partial charge in [0.2, 0.25) is 0 Å². The van der Waals surface area contributed by atoms with Crippen LogP contribution in [0.3, 0.4) is 0 Å². The number of thioether (sulfide) groups is 1. The number of ether oxygens (including phenoxy) is 1. The topological polar surface area (TPSA) is 86.5 Å². The summed E-state index contributed by atoms with van der Waals surface area (Å²) in [5.74, 6) is -0.274. The average molecular weight is 455 g/mol. The zero-order chi connectivity index (χ0) is 22.9. The number of nitrogens with zero attached hydrogens (tertiary/aromatic N) is 1. The van der Waals surface area contributed by atoms with Gasteiger partial charge in [-0.1, -0.05) is 48.5 Å². The lowest BCUT2D eigenvalue weighted by molar-refractivity contribution is -0.384. The van der Waals surface area contributed by atoms with Gasteiger partial charge in [0.25, 0.3) is 5.69 Å². The van der Waals surface area contributed by atoms with Gasteiger partial charge in [-0.05, 0) is 40.3 Å². The molecule has 5 rings (SSSR count). The number of ketones is 1. The number of hydrogen-bond donors (Lipinski definition) is 0. The fourth-order valence-electron chi connectivity index (χ4n) is 4.04. The minimum absolute atomic E-state index is 0.00774. The standard InChI is InChI=1S/C26H17NO5S/c28-24(32-14-16-8-10-17(11-9-16)27(30)31)15-33-23-13-12-19-18-4-1-2-5-20(18)26(29)22-7-3-6-21(23)25(19)22/h1-13H,14-15H2. The molecule has 33 heavy (non-hydrogen) atoms. The second-order valence-electron chi connectivity index (χ2n) is 7.59. The Labute approximate surface area is 193 Å². The quantitative estimate of drug-likeness (QED) is 0.139. The molecule has 0 aromatic heterocycles. The number of hydrogen-bond acceptors (Lipinski definition) is 6. The Balaban J connectivity index is 1.33. The van der Waals surface area contributed by atoms with Crippen molar-refractivity contribution in [2.75, 3.05) is 5.75 Å². The van der Waals surface area contributed by atoms with Crippen LogP contribution >= 0.6 is 11.8 Å². The third-order valence-corrected chi connectivity index (χ3v) is 6.65. The summed E-state index contributed by atoms with van der Waals surface area (Å²) in [7, 11) is 0. The summed E-state index contributed by atoms with van der Waals surface area (Å²) in [4.78, 5) is 36.5. The molecule has 0 unspecified atom stereocenters. The highest BCUT2D eigenvalue weighted by Gasteiger charge is 2.25. The lowest BCUT2D eigenvalue weighted by atomic mass is 9.83. The maximum absolute atomic E-state index is 13.0. The van der Waals surface area contributed by atoms with Crippen molar-refractivity contribution < 1.29 is 19.2 Å². The Hall–Kier alpha value is -3.97. The Morgan fingerprint density at radius 2 is 1.58 bits per heavy atom. The monoisotopic (exact) mass is 455 g/mol. The number of carbonyl (C=O) groups is 2. The van der Waals surface area contributed by atoms with Gasteiger partial charge in [0.1, 0.15) is 6.61 Å². The van der Waals surface area contributed by atoms with Gasteiger partial charge in [-0.25, -0.2) is 0 Å². The number of nitro benzene ring substituents is 1. The zero-order valence-corrected chi connectivity index (χ0v) is 18.1. The molecule has 1 aliphatic carbocycles. The molecule has 4 aromatic rings. The van der Waals surface area contributed by atoms with Crippen molar-refractivity contribution in [2.45, 2.75) is 11.5 Å². The fraction of sp³-hybridized carbons (Fsp3) is 0.0769. The molecule has 162 valence electrons. The van der Waals surface area contributed by atoms with Crippen molar-refractivity contribution in [1.82, 2.24) is 0 Å². The van der Waals surface area contributed by atoms with Crippen molar-refractivity contribution in [3.63, 3.8) is 0 Å². The molecule has 0 radical (unpaired) electrons. The van der Waals surface area contributed by atoms with E-state index < -0.39 is 4.92 Å². The highest BCUT2D eigenvalue weighted by Crippen LogP contribution is 2.42. The third kappa shape index (κ3) is 3.87. The molecule has 1 aliphatic rings. The average Bonchev–Trinajstić information content (AvgIpc) is 2.85. The second kappa shape index (κ2) is 8.52. The summed E-state index contributed by atoms with van der Waals surface area (Å²) >= 11 is 1.36. The number of fused-ring (bicyclic) bond motifs is 2. The lowest BCUT2D eigenvalue weighted by Crippen LogP contribution is -2.10. The molecular weight excluding hydrogens is 438 g/mol. The van der Waals surface area contributed by atoms with E-state index in [4.69, 9.17) is 4.74 Å². The third-order valence-electron chi connectivity index (χ3n) is 5.60. The molecule has 0 fully saturated rings. The van der Waals surface area contributed by atoms with E-state index in [9.17, 15) is 19.7 Å². The Bertz CT molecular complexity index is 1430. The van der Waals surface area contributed by atoms with E-state index in [1.807, 2.05) is 54.6 Å². The van der Waals surface area contributed by atoms with Crippen LogP contribution in [0.4, 0.5) is 5.69 Å². The van der Waals surface area contributed by atoms with E-state index in [1.54, 1.807) is 12.1 Å². The fourth-order valence-corrected chi connectivity index (χ4v) is 4.88. The van der Waals surface area contributed by atoms with Crippen LogP contribution in [0.1, 0.15) is 21.5 Å². The van der Waals surface area contributed by atoms with Crippen LogP contribution in [0.5, 0.6) is 0 Å². The van der Waals surface area contributed by atoms with Crippen LogP contribution < -0.4 is 0 Å². The van der Waals surface area contributed by atoms with E-state index in [0.29, 0.717) is 16.7 Å². The van der Waals surface area contributed by atoms with Gasteiger partial charge in [-0.3, -0.25) is 19.7 Å². The van der Waals surface area contributed by atoms with Crippen molar-refractivity contribution in [3.05, 3.63) is 106 Å². The molecule has 4 aromatic carbocycles. The van der Waals surface area contributed by atoms with Gasteiger partial charge in [-0.2, -0.15) is 0 Å². The van der Waals surface area contributed by atoms with E-state index >= 15 is 0 Å². The number of non-ortho nitro benzene ring substituents is 1. The predicted molar refractivity (Wildman–Crippen MR) is 126 cm³/mol. The van der Waals surface area contributed by atoms with E-state index in [2.05, 4.69) is 0 Å². The van der Waals surface area contributed by atoms with Gasteiger partial charge in [0, 0.05) is 33.5 Å². The van der Waals surface area contributed by atoms with E-state index in [0.717, 1.165) is 26.8 Å². The van der Waals surface area contributed by atoms with Crippen molar-refractivity contribution in [1.29, 1.82) is 0 Å². The molecule has 0 spiro atoms. The molecule has 7 heteroatoms. The smallest absolute Gasteiger partial charge is 0.316 e. The van der Waals surface area contributed by atoms with Crippen LogP contribution in [-0.4, -0.2) is 22.4 Å². The molecule has 0 bridgehead atoms. The first kappa shape index (κ1) is 20.9. The highest BCUT2D eigenvalue weighted by atomic mass is 32.2. The zero-order valence-electron chi connectivity index (χ0n) is 17.3. The molecule has 6 nitrogen and oxygen atoms in total. The van der Waals surface area contributed by atoms with Crippen LogP contribution in [0.25, 0.3) is 21.9 Å². The van der Waals surface area contributed by atoms with Gasteiger partial charge in [0.05, 0.1) is 10.7 Å². The molecule has 0 amide bonds. The van der Waals surface area contributed by atoms with Crippen molar-refractivity contribution in [2.24, 2.45) is 0 Å². The van der Waals surface area contributed by atoms with Crippen LogP contribution in [0, 0.1) is 10.1 Å². The normalized spacial score (nSPS) is 11.8. The number of benzene rings is 4. The van der Waals surface area contributed by atoms with Crippen LogP contribution in [0.2, 0.25) is 0 Å². The lowest BCUT2D eigenvalue weighted by Gasteiger charge is -2.21. The van der Waals surface area contributed by atoms with Crippen molar-refractivity contribution >= 4 is 40.0 Å². The Kier molecular flexibility index (Phi) is 5.40. The first-order valence-corrected chi connectivity index (χ1v) is 11.2. The summed E-state index contributed by atoms with van der Waals surface area (Å²) < 4.78 is 5.32. The van der Waals surface area contributed by atoms with Gasteiger partial charge in [0.15, 0.2) is 5.78 Å². The first-order valence-electron chi connectivity index (χ1n) is 10.2. The van der Waals surface area contributed by atoms with Crippen LogP contribution in [-0.2, 0) is 16.1 Å². The number of nitro groups is 1. The summed E-state index contributed by atoms with van der Waals surface area (Å²) in [6.45, 7) is 0.0481. The maximum Gasteiger partial charge on any atom is 0.316 e. The number of esters is 1. The summed E-state index contributed by atoms with van der Waals surface area (Å²) in [5, 5.41) is 12.6. The number of rotatable bonds is 6. The number of carbonyl (C=O) groups excluding carboxylic acids is 2. The Morgan fingerprint density at radius 1 is 0.848 bits per heavy atom. The minimum Gasteiger partial charge on any atom is -0.460 e. The highest BCUT2D eigenvalue weighted by molar-refractivity contribution is 8.00. The van der Waals surface area contributed by atoms with Crippen molar-refractivity contribution in [3.8, 4) is 11.1 Å². The molecular formula is C26H17NO5S. The van der Waals surface area contributed by atoms with Crippen LogP contribution in [0.15, 0.2) is 83.8 Å². The summed E-state index contributed by atoms with van der Waals surface area (Å²) in [6, 6.07) is 23.2. The largest absolute Gasteiger partial charge is 0.460 e. The molecule has 0 aliphatic heterocycles. The molecule has 0 heterocycles. The summed E-state index contributed by atoms with van der Waals surface area (Å²) in [6.07, 6.45) is 0. The van der Waals surface area contributed by atoms with Gasteiger partial charge in [-0.15, -0.1) is 11.8 Å². The van der Waals surface area contributed by atoms with Gasteiger partial charge < -0.3 is 4.74 Å². The molecule has 0 saturated heterocycles. The second-order valence-corrected chi connectivity index (χ2v) is 8.60. The van der Waals surface area contributed by atoms with E-state index in [1.165, 1.54) is 23.9 Å². The SMILES string of the molecule is O=C(CSc1ccc2c3c(cccc13)C(=O)c1ccccc1-2)OCc1ccc([N+](=O)[O-])cc1. The first-order chi connectivity index (χ1) is 16.0. The molecule has 0 atom stereocenters. The molecule has 0 saturated carbocycles. The maximum atomic E-state index is 13.0. The van der Waals surface area contributed by atoms with E-state index in [-0.39, 0.29) is 29.8 Å². The Morgan fingerprint density at radius 3 is 2.33 bits per heavy atom. The summed E-state index contributed by atoms with van der Waals surface area (Å²) in [5.41, 5.74) is 3.98. The predicted octanol–water partition coefficient (Wildman–Crippen LogP) is 5.79. The molecule has 0 N–H and O–H groups in total.